The molecule has 0 aliphatic carbocycles. The molecule has 1 aliphatic heterocycles. The third-order valence-corrected chi connectivity index (χ3v) is 3.48. The van der Waals surface area contributed by atoms with E-state index in [1.807, 2.05) is 18.2 Å². The minimum absolute atomic E-state index is 0.543. The van der Waals surface area contributed by atoms with Crippen molar-refractivity contribution in [1.82, 2.24) is 0 Å². The van der Waals surface area contributed by atoms with Gasteiger partial charge in [0.2, 0.25) is 0 Å². The predicted molar refractivity (Wildman–Crippen MR) is 93.2 cm³/mol. The van der Waals surface area contributed by atoms with Crippen LogP contribution in [-0.4, -0.2) is 18.3 Å². The largest absolute Gasteiger partial charge is 0.486 e. The van der Waals surface area contributed by atoms with E-state index in [2.05, 4.69) is 42.7 Å². The van der Waals surface area contributed by atoms with Gasteiger partial charge in [0, 0.05) is 17.4 Å². The third-order valence-electron chi connectivity index (χ3n) is 3.28. The zero-order chi connectivity index (χ0) is 15.5. The summed E-state index contributed by atoms with van der Waals surface area (Å²) in [6.45, 7) is 5.29. The average molecular weight is 314 g/mol. The molecule has 0 radical (unpaired) electrons. The summed E-state index contributed by atoms with van der Waals surface area (Å²) in [6, 6.07) is 11.9. The number of aryl methyl sites for hydroxylation is 2. The van der Waals surface area contributed by atoms with E-state index >= 15 is 0 Å². The highest BCUT2D eigenvalue weighted by molar-refractivity contribution is 7.80. The quantitative estimate of drug-likeness (QED) is 0.823. The van der Waals surface area contributed by atoms with Crippen molar-refractivity contribution < 1.29 is 9.47 Å². The van der Waals surface area contributed by atoms with Crippen LogP contribution in [0.4, 0.5) is 11.4 Å². The molecule has 3 rings (SSSR count). The van der Waals surface area contributed by atoms with Gasteiger partial charge in [0.05, 0.1) is 0 Å². The molecule has 114 valence electrons. The van der Waals surface area contributed by atoms with Gasteiger partial charge in [0.1, 0.15) is 13.2 Å². The van der Waals surface area contributed by atoms with Crippen molar-refractivity contribution >= 4 is 28.7 Å². The third kappa shape index (κ3) is 3.49. The number of nitrogens with one attached hydrogen (secondary N) is 2. The first-order chi connectivity index (χ1) is 10.6. The Bertz CT molecular complexity index is 696. The van der Waals surface area contributed by atoms with Crippen LogP contribution in [0.2, 0.25) is 0 Å². The van der Waals surface area contributed by atoms with Crippen molar-refractivity contribution in [3.05, 3.63) is 47.5 Å². The van der Waals surface area contributed by atoms with E-state index in [0.29, 0.717) is 18.3 Å². The van der Waals surface area contributed by atoms with Gasteiger partial charge >= 0.3 is 0 Å². The predicted octanol–water partition coefficient (Wildman–Crippen LogP) is 3.88. The van der Waals surface area contributed by atoms with Crippen LogP contribution in [-0.2, 0) is 0 Å². The molecule has 2 aromatic carbocycles. The molecule has 0 fully saturated rings. The highest BCUT2D eigenvalue weighted by Crippen LogP contribution is 2.32. The first-order valence-corrected chi connectivity index (χ1v) is 7.57. The molecule has 0 bridgehead atoms. The summed E-state index contributed by atoms with van der Waals surface area (Å²) >= 11 is 5.37. The highest BCUT2D eigenvalue weighted by atomic mass is 32.1. The van der Waals surface area contributed by atoms with Crippen molar-refractivity contribution in [2.75, 3.05) is 23.8 Å². The minimum Gasteiger partial charge on any atom is -0.486 e. The zero-order valence-electron chi connectivity index (χ0n) is 12.6. The normalized spacial score (nSPS) is 12.6. The SMILES string of the molecule is Cc1cc(C)cc(NC(=S)Nc2ccc3c(c2)OCCO3)c1. The maximum Gasteiger partial charge on any atom is 0.175 e. The van der Waals surface area contributed by atoms with E-state index < -0.39 is 0 Å². The molecule has 0 atom stereocenters. The van der Waals surface area contributed by atoms with Gasteiger partial charge in [-0.25, -0.2) is 0 Å². The molecule has 0 spiro atoms. The molecule has 0 saturated carbocycles. The van der Waals surface area contributed by atoms with Crippen LogP contribution in [0.3, 0.4) is 0 Å². The lowest BCUT2D eigenvalue weighted by Gasteiger charge is -2.19. The van der Waals surface area contributed by atoms with Crippen molar-refractivity contribution in [1.29, 1.82) is 0 Å². The van der Waals surface area contributed by atoms with Crippen LogP contribution in [0.15, 0.2) is 36.4 Å². The first kappa shape index (κ1) is 14.7. The molecule has 0 saturated heterocycles. The number of hydrogen-bond acceptors (Lipinski definition) is 3. The van der Waals surface area contributed by atoms with Crippen LogP contribution >= 0.6 is 12.2 Å². The van der Waals surface area contributed by atoms with Crippen molar-refractivity contribution in [2.45, 2.75) is 13.8 Å². The van der Waals surface area contributed by atoms with E-state index in [1.165, 1.54) is 11.1 Å². The Labute approximate surface area is 135 Å². The van der Waals surface area contributed by atoms with Gasteiger partial charge in [-0.15, -0.1) is 0 Å². The highest BCUT2D eigenvalue weighted by Gasteiger charge is 2.12. The molecule has 0 unspecified atom stereocenters. The van der Waals surface area contributed by atoms with Gasteiger partial charge in [-0.1, -0.05) is 6.07 Å². The molecular formula is C17H18N2O2S. The summed E-state index contributed by atoms with van der Waals surface area (Å²) in [4.78, 5) is 0. The second-order valence-corrected chi connectivity index (χ2v) is 5.72. The Morgan fingerprint density at radius 2 is 1.50 bits per heavy atom. The first-order valence-electron chi connectivity index (χ1n) is 7.16. The van der Waals surface area contributed by atoms with Crippen LogP contribution in [0.25, 0.3) is 0 Å². The monoisotopic (exact) mass is 314 g/mol. The number of fused-ring (bicyclic) bond motifs is 1. The second-order valence-electron chi connectivity index (χ2n) is 5.31. The Balaban J connectivity index is 1.69. The zero-order valence-corrected chi connectivity index (χ0v) is 13.4. The molecular weight excluding hydrogens is 296 g/mol. The Kier molecular flexibility index (Phi) is 4.15. The van der Waals surface area contributed by atoms with Gasteiger partial charge in [-0.3, -0.25) is 0 Å². The van der Waals surface area contributed by atoms with E-state index in [-0.39, 0.29) is 0 Å². The summed E-state index contributed by atoms with van der Waals surface area (Å²) < 4.78 is 11.1. The molecule has 1 aliphatic rings. The van der Waals surface area contributed by atoms with Crippen molar-refractivity contribution in [3.8, 4) is 11.5 Å². The molecule has 1 heterocycles. The van der Waals surface area contributed by atoms with Gasteiger partial charge in [-0.05, 0) is 61.5 Å². The fourth-order valence-corrected chi connectivity index (χ4v) is 2.70. The summed E-state index contributed by atoms with van der Waals surface area (Å²) in [7, 11) is 0. The van der Waals surface area contributed by atoms with Gasteiger partial charge in [0.15, 0.2) is 16.6 Å². The molecule has 2 aromatic rings. The topological polar surface area (TPSA) is 42.5 Å². The fourth-order valence-electron chi connectivity index (χ4n) is 2.46. The molecule has 5 heteroatoms. The van der Waals surface area contributed by atoms with Gasteiger partial charge < -0.3 is 20.1 Å². The summed E-state index contributed by atoms with van der Waals surface area (Å²) in [5, 5.41) is 6.91. The Hall–Kier alpha value is -2.27. The molecule has 22 heavy (non-hydrogen) atoms. The summed E-state index contributed by atoms with van der Waals surface area (Å²) in [6.07, 6.45) is 0. The maximum atomic E-state index is 5.57. The van der Waals surface area contributed by atoms with Crippen LogP contribution < -0.4 is 20.1 Å². The Morgan fingerprint density at radius 3 is 2.23 bits per heavy atom. The van der Waals surface area contributed by atoms with E-state index in [0.717, 1.165) is 22.9 Å². The standard InChI is InChI=1S/C17H18N2O2S/c1-11-7-12(2)9-14(8-11)19-17(22)18-13-3-4-15-16(10-13)21-6-5-20-15/h3-4,7-10H,5-6H2,1-2H3,(H2,18,19,22). The van der Waals surface area contributed by atoms with E-state index in [4.69, 9.17) is 21.7 Å². The Morgan fingerprint density at radius 1 is 0.864 bits per heavy atom. The number of anilines is 2. The number of rotatable bonds is 2. The number of hydrogen-bond donors (Lipinski definition) is 2. The lowest BCUT2D eigenvalue weighted by molar-refractivity contribution is 0.171. The smallest absolute Gasteiger partial charge is 0.175 e. The minimum atomic E-state index is 0.543. The lowest BCUT2D eigenvalue weighted by Crippen LogP contribution is -2.20. The van der Waals surface area contributed by atoms with Crippen molar-refractivity contribution in [2.24, 2.45) is 0 Å². The maximum absolute atomic E-state index is 5.57. The second kappa shape index (κ2) is 6.23. The average Bonchev–Trinajstić information content (AvgIpc) is 2.45. The number of thiocarbonyl (C=S) groups is 1. The van der Waals surface area contributed by atoms with Crippen LogP contribution in [0.5, 0.6) is 11.5 Å². The molecule has 2 N–H and O–H groups in total. The van der Waals surface area contributed by atoms with Gasteiger partial charge in [-0.2, -0.15) is 0 Å². The molecule has 4 nitrogen and oxygen atoms in total. The number of ether oxygens (including phenoxy) is 2. The summed E-state index contributed by atoms with van der Waals surface area (Å²) in [5.41, 5.74) is 4.24. The van der Waals surface area contributed by atoms with E-state index in [1.54, 1.807) is 0 Å². The lowest BCUT2D eigenvalue weighted by atomic mass is 10.1. The fraction of sp³-hybridized carbons (Fsp3) is 0.235. The summed E-state index contributed by atoms with van der Waals surface area (Å²) in [5.74, 6) is 1.51. The van der Waals surface area contributed by atoms with Crippen LogP contribution in [0.1, 0.15) is 11.1 Å². The molecule has 0 amide bonds. The van der Waals surface area contributed by atoms with E-state index in [9.17, 15) is 0 Å². The van der Waals surface area contributed by atoms with Crippen molar-refractivity contribution in [3.63, 3.8) is 0 Å². The van der Waals surface area contributed by atoms with Crippen LogP contribution in [0, 0.1) is 13.8 Å². The van der Waals surface area contributed by atoms with Gasteiger partial charge in [0.25, 0.3) is 0 Å². The number of benzene rings is 2. The molecule has 0 aromatic heterocycles.